The second-order valence-corrected chi connectivity index (χ2v) is 13.9. The number of rotatable bonds is 6. The van der Waals surface area contributed by atoms with Crippen LogP contribution in [-0.2, 0) is 18.5 Å². The first-order valence-electron chi connectivity index (χ1n) is 7.92. The van der Waals surface area contributed by atoms with Crippen molar-refractivity contribution in [1.82, 2.24) is 0 Å². The molecule has 0 aliphatic heterocycles. The first-order valence-corrected chi connectivity index (χ1v) is 12.5. The minimum absolute atomic E-state index is 1.15. The minimum atomic E-state index is -1.26. The van der Waals surface area contributed by atoms with Gasteiger partial charge in [0.05, 0.1) is 0 Å². The van der Waals surface area contributed by atoms with E-state index in [-0.39, 0.29) is 0 Å². The normalized spacial score (nSPS) is 11.3. The van der Waals surface area contributed by atoms with Gasteiger partial charge < -0.3 is 0 Å². The zero-order chi connectivity index (χ0) is 16.0. The first-order chi connectivity index (χ1) is 11.2. The second kappa shape index (κ2) is 7.93. The summed E-state index contributed by atoms with van der Waals surface area (Å²) < 4.78 is 0. The predicted octanol–water partition coefficient (Wildman–Crippen LogP) is 5.69. The van der Waals surface area contributed by atoms with Gasteiger partial charge in [-0.1, -0.05) is 0 Å². The van der Waals surface area contributed by atoms with Gasteiger partial charge in [0.1, 0.15) is 0 Å². The number of benzene rings is 3. The Labute approximate surface area is 146 Å². The summed E-state index contributed by atoms with van der Waals surface area (Å²) in [4.78, 5) is 0. The maximum absolute atomic E-state index is 3.65. The van der Waals surface area contributed by atoms with Gasteiger partial charge >= 0.3 is 147 Å². The topological polar surface area (TPSA) is 0 Å². The van der Waals surface area contributed by atoms with Gasteiger partial charge in [0.2, 0.25) is 0 Å². The van der Waals surface area contributed by atoms with Gasteiger partial charge in [-0.05, 0) is 0 Å². The van der Waals surface area contributed by atoms with Crippen LogP contribution >= 0.6 is 5.51 Å². The predicted molar refractivity (Wildman–Crippen MR) is 103 cm³/mol. The Morgan fingerprint density at radius 2 is 0.739 bits per heavy atom. The monoisotopic (exact) mass is 384 g/mol. The van der Waals surface area contributed by atoms with Crippen LogP contribution in [0, 0.1) is 0 Å². The van der Waals surface area contributed by atoms with E-state index in [1.807, 2.05) is 0 Å². The maximum atomic E-state index is 3.65. The average molecular weight is 383 g/mol. The molecule has 0 atom stereocenters. The Morgan fingerprint density at radius 1 is 0.478 bits per heavy atom. The molecule has 0 nitrogen and oxygen atoms in total. The molecule has 3 aromatic carbocycles. The van der Waals surface area contributed by atoms with Crippen LogP contribution in [0.3, 0.4) is 0 Å². The Balaban J connectivity index is 1.87. The van der Waals surface area contributed by atoms with E-state index in [0.717, 1.165) is 18.5 Å². The summed E-state index contributed by atoms with van der Waals surface area (Å²) in [6.45, 7) is 0. The summed E-state index contributed by atoms with van der Waals surface area (Å²) in [5.74, 6) is 0. The zero-order valence-corrected chi connectivity index (χ0v) is 15.7. The van der Waals surface area contributed by atoms with Gasteiger partial charge in [0, 0.05) is 0 Å². The molecule has 0 unspecified atom stereocenters. The molecule has 0 saturated carbocycles. The molecule has 3 aromatic rings. The van der Waals surface area contributed by atoms with Crippen LogP contribution in [0.15, 0.2) is 91.0 Å². The Bertz CT molecular complexity index is 659. The van der Waals surface area contributed by atoms with Crippen LogP contribution in [-0.4, -0.2) is 15.1 Å². The molecule has 0 aliphatic carbocycles. The molecule has 0 radical (unpaired) electrons. The molecule has 0 heterocycles. The average Bonchev–Trinajstić information content (AvgIpc) is 2.57. The van der Waals surface area contributed by atoms with Gasteiger partial charge in [0.25, 0.3) is 0 Å². The summed E-state index contributed by atoms with van der Waals surface area (Å²) in [5, 5.41) is 0. The fourth-order valence-corrected chi connectivity index (χ4v) is 8.70. The molecule has 3 rings (SSSR count). The first kappa shape index (κ1) is 16.5. The van der Waals surface area contributed by atoms with E-state index in [4.69, 9.17) is 0 Å². The molecule has 0 N–H and O–H groups in total. The third kappa shape index (κ3) is 5.05. The van der Waals surface area contributed by atoms with E-state index in [1.165, 1.54) is 16.7 Å². The molecule has 0 amide bonds. The van der Waals surface area contributed by atoms with Gasteiger partial charge in [0.15, 0.2) is 0 Å². The van der Waals surface area contributed by atoms with E-state index >= 15 is 0 Å². The molecule has 116 valence electrons. The summed E-state index contributed by atoms with van der Waals surface area (Å²) >= 11 is 3.65. The summed E-state index contributed by atoms with van der Waals surface area (Å²) in [6.07, 6.45) is 3.45. The fraction of sp³-hybridized carbons (Fsp3) is 0.143. The Morgan fingerprint density at radius 3 is 1.00 bits per heavy atom. The third-order valence-electron chi connectivity index (χ3n) is 3.94. The molecule has 23 heavy (non-hydrogen) atoms. The Hall–Kier alpha value is -1.39. The van der Waals surface area contributed by atoms with Crippen LogP contribution in [0.5, 0.6) is 0 Å². The summed E-state index contributed by atoms with van der Waals surface area (Å²) in [7, 11) is 0. The molecular formula is C21H21PSe. The van der Waals surface area contributed by atoms with Gasteiger partial charge in [-0.25, -0.2) is 0 Å². The molecule has 0 bridgehead atoms. The summed E-state index contributed by atoms with van der Waals surface area (Å²) in [6, 6.07) is 32.7. The van der Waals surface area contributed by atoms with Crippen molar-refractivity contribution in [1.29, 1.82) is 0 Å². The van der Waals surface area contributed by atoms with Crippen LogP contribution in [0.2, 0.25) is 0 Å². The van der Waals surface area contributed by atoms with E-state index < -0.39 is 5.51 Å². The van der Waals surface area contributed by atoms with E-state index in [0.29, 0.717) is 0 Å². The van der Waals surface area contributed by atoms with E-state index in [9.17, 15) is 0 Å². The molecule has 0 saturated heterocycles. The van der Waals surface area contributed by atoms with Crippen molar-refractivity contribution in [3.63, 3.8) is 0 Å². The third-order valence-corrected chi connectivity index (χ3v) is 9.20. The summed E-state index contributed by atoms with van der Waals surface area (Å²) in [5.41, 5.74) is 3.05. The van der Waals surface area contributed by atoms with E-state index in [1.54, 1.807) is 0 Å². The van der Waals surface area contributed by atoms with Crippen LogP contribution < -0.4 is 0 Å². The van der Waals surface area contributed by atoms with Crippen molar-refractivity contribution in [2.45, 2.75) is 18.5 Å². The van der Waals surface area contributed by atoms with Gasteiger partial charge in [-0.15, -0.1) is 0 Å². The molecule has 2 heteroatoms. The van der Waals surface area contributed by atoms with Gasteiger partial charge in [-0.2, -0.15) is 0 Å². The number of hydrogen-bond acceptors (Lipinski definition) is 0. The van der Waals surface area contributed by atoms with Crippen molar-refractivity contribution in [3.05, 3.63) is 108 Å². The van der Waals surface area contributed by atoms with Crippen molar-refractivity contribution in [2.24, 2.45) is 0 Å². The van der Waals surface area contributed by atoms with E-state index in [2.05, 4.69) is 106 Å². The fourth-order valence-electron chi connectivity index (χ4n) is 2.92. The molecule has 0 aromatic heterocycles. The van der Waals surface area contributed by atoms with Crippen molar-refractivity contribution >= 4 is 20.6 Å². The van der Waals surface area contributed by atoms with Crippen molar-refractivity contribution in [2.75, 3.05) is 0 Å². The molecule has 0 spiro atoms. The standard InChI is InChI=1S/C21H21PSe/c23-22(16-19-10-4-1-5-11-19,17-20-12-6-2-7-13-20)18-21-14-8-3-9-15-21/h1-15H,16-18H2. The van der Waals surface area contributed by atoms with Crippen molar-refractivity contribution in [3.8, 4) is 0 Å². The van der Waals surface area contributed by atoms with Crippen LogP contribution in [0.4, 0.5) is 0 Å². The zero-order valence-electron chi connectivity index (χ0n) is 13.1. The van der Waals surface area contributed by atoms with Crippen LogP contribution in [0.25, 0.3) is 0 Å². The quantitative estimate of drug-likeness (QED) is 0.379. The van der Waals surface area contributed by atoms with Gasteiger partial charge in [-0.3, -0.25) is 0 Å². The van der Waals surface area contributed by atoms with Crippen LogP contribution in [0.1, 0.15) is 16.7 Å². The molecule has 0 fully saturated rings. The molecule has 0 aliphatic rings. The second-order valence-electron chi connectivity index (χ2n) is 5.99. The molecular weight excluding hydrogens is 362 g/mol. The Kier molecular flexibility index (Phi) is 5.68. The number of hydrogen-bond donors (Lipinski definition) is 0. The van der Waals surface area contributed by atoms with Crippen molar-refractivity contribution < 1.29 is 0 Å². The SMILES string of the molecule is [Se]=P(Cc1ccccc1)(Cc1ccccc1)Cc1ccccc1.